The molecule has 154 valence electrons. The van der Waals surface area contributed by atoms with Gasteiger partial charge in [-0.1, -0.05) is 36.4 Å². The largest absolute Gasteiger partial charge is 0.496 e. The highest BCUT2D eigenvalue weighted by atomic mass is 32.1. The molecule has 4 aromatic rings. The number of para-hydroxylation sites is 1. The molecule has 1 N–H and O–H groups in total. The first-order valence-electron chi connectivity index (χ1n) is 9.21. The Balaban J connectivity index is 1.73. The number of hydrogen-bond donors (Lipinski definition) is 1. The molecule has 30 heavy (non-hydrogen) atoms. The first-order valence-corrected chi connectivity index (χ1v) is 10.0. The lowest BCUT2D eigenvalue weighted by Gasteiger charge is -2.15. The van der Waals surface area contributed by atoms with E-state index in [-0.39, 0.29) is 5.56 Å². The van der Waals surface area contributed by atoms with Gasteiger partial charge in [-0.2, -0.15) is 13.2 Å². The van der Waals surface area contributed by atoms with Gasteiger partial charge in [0.1, 0.15) is 5.75 Å². The summed E-state index contributed by atoms with van der Waals surface area (Å²) in [6.07, 6.45) is -5.29. The van der Waals surface area contributed by atoms with Crippen molar-refractivity contribution in [1.82, 2.24) is 4.98 Å². The Bertz CT molecular complexity index is 1190. The number of hydrogen-bond acceptors (Lipinski definition) is 4. The van der Waals surface area contributed by atoms with Gasteiger partial charge in [0.15, 0.2) is 6.10 Å². The number of pyridine rings is 1. The first kappa shape index (κ1) is 20.4. The molecule has 0 spiro atoms. The Kier molecular flexibility index (Phi) is 5.49. The Labute approximate surface area is 175 Å². The summed E-state index contributed by atoms with van der Waals surface area (Å²) in [6, 6.07) is 18.0. The molecule has 2 aromatic carbocycles. The van der Waals surface area contributed by atoms with Crippen molar-refractivity contribution in [2.24, 2.45) is 0 Å². The number of ether oxygens (including phenoxy) is 1. The van der Waals surface area contributed by atoms with Crippen LogP contribution >= 0.6 is 11.3 Å². The SMILES string of the molecule is COc1ccccc1Cc1cc2cccc(-c3cc([C@@H](O)C(F)(F)F)ccn3)c2s1. The zero-order chi connectivity index (χ0) is 21.3. The summed E-state index contributed by atoms with van der Waals surface area (Å²) in [4.78, 5) is 5.36. The van der Waals surface area contributed by atoms with E-state index in [1.807, 2.05) is 42.5 Å². The minimum Gasteiger partial charge on any atom is -0.496 e. The van der Waals surface area contributed by atoms with Gasteiger partial charge in [-0.05, 0) is 40.8 Å². The van der Waals surface area contributed by atoms with E-state index in [1.165, 1.54) is 18.3 Å². The van der Waals surface area contributed by atoms with E-state index in [0.717, 1.165) is 31.8 Å². The summed E-state index contributed by atoms with van der Waals surface area (Å²) in [5, 5.41) is 10.6. The lowest BCUT2D eigenvalue weighted by atomic mass is 10.0. The molecule has 1 atom stereocenters. The number of aliphatic hydroxyl groups is 1. The molecule has 0 saturated heterocycles. The minimum atomic E-state index is -4.73. The van der Waals surface area contributed by atoms with Crippen molar-refractivity contribution < 1.29 is 23.0 Å². The molecule has 0 radical (unpaired) electrons. The fourth-order valence-electron chi connectivity index (χ4n) is 3.40. The molecule has 0 aliphatic carbocycles. The topological polar surface area (TPSA) is 42.4 Å². The fraction of sp³-hybridized carbons (Fsp3) is 0.174. The van der Waals surface area contributed by atoms with Crippen molar-refractivity contribution >= 4 is 21.4 Å². The van der Waals surface area contributed by atoms with Crippen molar-refractivity contribution in [3.8, 4) is 17.0 Å². The number of nitrogens with zero attached hydrogens (tertiary/aromatic N) is 1. The lowest BCUT2D eigenvalue weighted by molar-refractivity contribution is -0.206. The van der Waals surface area contributed by atoms with E-state index in [9.17, 15) is 18.3 Å². The van der Waals surface area contributed by atoms with Gasteiger partial charge in [-0.25, -0.2) is 0 Å². The molecule has 0 aliphatic rings. The monoisotopic (exact) mass is 429 g/mol. The predicted molar refractivity (Wildman–Crippen MR) is 112 cm³/mol. The second kappa shape index (κ2) is 8.08. The number of methoxy groups -OCH3 is 1. The zero-order valence-electron chi connectivity index (χ0n) is 16.0. The third-order valence-corrected chi connectivity index (χ3v) is 6.02. The number of aliphatic hydroxyl groups excluding tert-OH is 1. The van der Waals surface area contributed by atoms with Crippen LogP contribution in [0.3, 0.4) is 0 Å². The summed E-state index contributed by atoms with van der Waals surface area (Å²) in [7, 11) is 1.63. The molecular formula is C23H18F3NO2S. The average molecular weight is 429 g/mol. The van der Waals surface area contributed by atoms with Crippen molar-refractivity contribution in [3.63, 3.8) is 0 Å². The maximum Gasteiger partial charge on any atom is 0.418 e. The molecule has 0 fully saturated rings. The third-order valence-electron chi connectivity index (χ3n) is 4.84. The van der Waals surface area contributed by atoms with Gasteiger partial charge < -0.3 is 9.84 Å². The van der Waals surface area contributed by atoms with Crippen LogP contribution in [0.25, 0.3) is 21.3 Å². The standard InChI is InChI=1S/C23H18F3NO2S/c1-29-20-8-3-2-5-14(20)11-17-12-15-6-4-7-18(21(15)30-17)19-13-16(9-10-27-19)22(28)23(24,25)26/h2-10,12-13,22,28H,11H2,1H3/t22-/m1/s1. The number of fused-ring (bicyclic) bond motifs is 1. The molecule has 4 rings (SSSR count). The number of thiophene rings is 1. The highest BCUT2D eigenvalue weighted by Crippen LogP contribution is 2.38. The van der Waals surface area contributed by atoms with E-state index in [0.29, 0.717) is 12.1 Å². The van der Waals surface area contributed by atoms with Gasteiger partial charge in [0.2, 0.25) is 0 Å². The van der Waals surface area contributed by atoms with Crippen LogP contribution in [0.5, 0.6) is 5.75 Å². The van der Waals surface area contributed by atoms with Crippen molar-refractivity contribution in [1.29, 1.82) is 0 Å². The first-order chi connectivity index (χ1) is 14.4. The Hall–Kier alpha value is -2.90. The van der Waals surface area contributed by atoms with Crippen LogP contribution in [0.1, 0.15) is 22.1 Å². The molecule has 0 saturated carbocycles. The third kappa shape index (κ3) is 4.04. The van der Waals surface area contributed by atoms with Crippen molar-refractivity contribution in [3.05, 3.63) is 82.9 Å². The smallest absolute Gasteiger partial charge is 0.418 e. The molecule has 0 unspecified atom stereocenters. The van der Waals surface area contributed by atoms with E-state index < -0.39 is 12.3 Å². The normalized spacial score (nSPS) is 12.8. The van der Waals surface area contributed by atoms with Crippen LogP contribution in [0, 0.1) is 0 Å². The molecule has 0 bridgehead atoms. The Morgan fingerprint density at radius 2 is 1.87 bits per heavy atom. The molecule has 0 amide bonds. The molecule has 0 aliphatic heterocycles. The summed E-state index contributed by atoms with van der Waals surface area (Å²) in [5.74, 6) is 0.811. The predicted octanol–water partition coefficient (Wildman–Crippen LogP) is 6.16. The van der Waals surface area contributed by atoms with Gasteiger partial charge >= 0.3 is 6.18 Å². The van der Waals surface area contributed by atoms with Gasteiger partial charge in [-0.15, -0.1) is 11.3 Å². The van der Waals surface area contributed by atoms with Crippen molar-refractivity contribution in [2.45, 2.75) is 18.7 Å². The van der Waals surface area contributed by atoms with Crippen LogP contribution in [-0.2, 0) is 6.42 Å². The molecule has 2 heterocycles. The van der Waals surface area contributed by atoms with E-state index in [1.54, 1.807) is 18.4 Å². The number of rotatable bonds is 5. The van der Waals surface area contributed by atoms with Gasteiger partial charge in [0, 0.05) is 27.8 Å². The molecule has 7 heteroatoms. The highest BCUT2D eigenvalue weighted by Gasteiger charge is 2.39. The molecule has 3 nitrogen and oxygen atoms in total. The second-order valence-corrected chi connectivity index (χ2v) is 7.98. The van der Waals surface area contributed by atoms with Crippen LogP contribution in [0.4, 0.5) is 13.2 Å². The molecule has 2 aromatic heterocycles. The van der Waals surface area contributed by atoms with Crippen molar-refractivity contribution in [2.75, 3.05) is 7.11 Å². The van der Waals surface area contributed by atoms with Crippen LogP contribution < -0.4 is 4.74 Å². The summed E-state index contributed by atoms with van der Waals surface area (Å²) < 4.78 is 45.1. The Morgan fingerprint density at radius 1 is 1.07 bits per heavy atom. The lowest BCUT2D eigenvalue weighted by Crippen LogP contribution is -2.20. The minimum absolute atomic E-state index is 0.227. The van der Waals surface area contributed by atoms with Crippen LogP contribution in [-0.4, -0.2) is 23.4 Å². The average Bonchev–Trinajstić information content (AvgIpc) is 3.15. The van der Waals surface area contributed by atoms with Gasteiger partial charge in [0.25, 0.3) is 0 Å². The zero-order valence-corrected chi connectivity index (χ0v) is 16.8. The number of halogens is 3. The van der Waals surface area contributed by atoms with E-state index in [2.05, 4.69) is 11.1 Å². The van der Waals surface area contributed by atoms with Crippen LogP contribution in [0.2, 0.25) is 0 Å². The second-order valence-electron chi connectivity index (χ2n) is 6.84. The summed E-state index contributed by atoms with van der Waals surface area (Å²) >= 11 is 1.57. The highest BCUT2D eigenvalue weighted by molar-refractivity contribution is 7.19. The van der Waals surface area contributed by atoms with Gasteiger partial charge in [-0.3, -0.25) is 4.98 Å². The number of alkyl halides is 3. The van der Waals surface area contributed by atoms with Crippen LogP contribution in [0.15, 0.2) is 66.9 Å². The summed E-state index contributed by atoms with van der Waals surface area (Å²) in [5.41, 5.74) is 1.96. The van der Waals surface area contributed by atoms with Gasteiger partial charge in [0.05, 0.1) is 12.8 Å². The molecular weight excluding hydrogens is 411 g/mol. The maximum absolute atomic E-state index is 12.9. The number of aromatic nitrogens is 1. The fourth-order valence-corrected chi connectivity index (χ4v) is 4.60. The summed E-state index contributed by atoms with van der Waals surface area (Å²) in [6.45, 7) is 0. The maximum atomic E-state index is 12.9. The quantitative estimate of drug-likeness (QED) is 0.413. The van der Waals surface area contributed by atoms with E-state index in [4.69, 9.17) is 4.74 Å². The van der Waals surface area contributed by atoms with E-state index >= 15 is 0 Å². The Morgan fingerprint density at radius 3 is 2.63 bits per heavy atom. The number of benzene rings is 2.